The van der Waals surface area contributed by atoms with Crippen LogP contribution in [0.5, 0.6) is 0 Å². The zero-order valence-electron chi connectivity index (χ0n) is 10.7. The number of nitrogens with zero attached hydrogens (tertiary/aromatic N) is 1. The molecule has 3 fully saturated rings. The third-order valence-corrected chi connectivity index (χ3v) is 4.13. The van der Waals surface area contributed by atoms with Gasteiger partial charge in [-0.3, -0.25) is 0 Å². The average molecular weight is 254 g/mol. The van der Waals surface area contributed by atoms with Gasteiger partial charge in [-0.2, -0.15) is 0 Å². The van der Waals surface area contributed by atoms with E-state index in [9.17, 15) is 9.90 Å². The molecule has 0 aromatic carbocycles. The Hall–Kier alpha value is -0.810. The molecule has 1 heterocycles. The molecule has 3 aliphatic rings. The number of β-amino-alcohol motifs (C(OH)–C–C–N with tert-alkyl or cyclic N) is 1. The van der Waals surface area contributed by atoms with Gasteiger partial charge in [0.25, 0.3) is 0 Å². The predicted octanol–water partition coefficient (Wildman–Crippen LogP) is 0.579. The van der Waals surface area contributed by atoms with E-state index in [4.69, 9.17) is 4.74 Å². The number of carbonyl (C=O) groups is 1. The maximum absolute atomic E-state index is 11.7. The summed E-state index contributed by atoms with van der Waals surface area (Å²) < 4.78 is 5.45. The predicted molar refractivity (Wildman–Crippen MR) is 66.2 cm³/mol. The summed E-state index contributed by atoms with van der Waals surface area (Å²) in [5.74, 6) is 1.20. The van der Waals surface area contributed by atoms with Gasteiger partial charge in [0.15, 0.2) is 0 Å². The van der Waals surface area contributed by atoms with Crippen molar-refractivity contribution in [2.75, 3.05) is 32.8 Å². The molecular formula is C13H22N2O3. The maximum Gasteiger partial charge on any atom is 0.317 e. The summed E-state index contributed by atoms with van der Waals surface area (Å²) in [5, 5.41) is 12.9. The summed E-state index contributed by atoms with van der Waals surface area (Å²) in [6.45, 7) is 2.97. The van der Waals surface area contributed by atoms with E-state index in [1.807, 2.05) is 0 Å². The zero-order chi connectivity index (χ0) is 12.6. The van der Waals surface area contributed by atoms with Crippen LogP contribution < -0.4 is 5.32 Å². The molecule has 0 aromatic rings. The molecule has 0 bridgehead atoms. The van der Waals surface area contributed by atoms with E-state index >= 15 is 0 Å². The number of carbonyl (C=O) groups excluding carboxylic acids is 1. The molecule has 102 valence electrons. The normalized spacial score (nSPS) is 25.7. The molecule has 0 atom stereocenters. The Kier molecular flexibility index (Phi) is 3.20. The van der Waals surface area contributed by atoms with E-state index in [-0.39, 0.29) is 6.03 Å². The first-order valence-corrected chi connectivity index (χ1v) is 7.00. The Bertz CT molecular complexity index is 320. The topological polar surface area (TPSA) is 61.8 Å². The summed E-state index contributed by atoms with van der Waals surface area (Å²) in [6.07, 6.45) is 4.81. The van der Waals surface area contributed by atoms with E-state index in [2.05, 4.69) is 5.32 Å². The highest BCUT2D eigenvalue weighted by atomic mass is 16.5. The Morgan fingerprint density at radius 1 is 1.33 bits per heavy atom. The number of likely N-dealkylation sites (tertiary alicyclic amines) is 1. The van der Waals surface area contributed by atoms with Crippen molar-refractivity contribution in [3.8, 4) is 0 Å². The minimum absolute atomic E-state index is 0.0738. The molecular weight excluding hydrogens is 232 g/mol. The van der Waals surface area contributed by atoms with Crippen molar-refractivity contribution >= 4 is 6.03 Å². The molecule has 2 N–H and O–H groups in total. The van der Waals surface area contributed by atoms with Crippen LogP contribution >= 0.6 is 0 Å². The standard InChI is InChI=1S/C13H22N2O3/c16-12(14-5-6-18-7-10-1-2-10)15-8-13(17,9-15)11-3-4-11/h10-11,17H,1-9H2,(H,14,16). The van der Waals surface area contributed by atoms with E-state index in [0.29, 0.717) is 32.2 Å². The first-order valence-electron chi connectivity index (χ1n) is 7.00. The lowest BCUT2D eigenvalue weighted by Crippen LogP contribution is -2.66. The maximum atomic E-state index is 11.7. The summed E-state index contributed by atoms with van der Waals surface area (Å²) in [4.78, 5) is 13.4. The fourth-order valence-corrected chi connectivity index (χ4v) is 2.51. The monoisotopic (exact) mass is 254 g/mol. The second kappa shape index (κ2) is 4.70. The van der Waals surface area contributed by atoms with Gasteiger partial charge in [0.1, 0.15) is 5.60 Å². The average Bonchev–Trinajstić information content (AvgIpc) is 3.14. The number of amides is 2. The van der Waals surface area contributed by atoms with Gasteiger partial charge in [0.05, 0.1) is 19.7 Å². The zero-order valence-corrected chi connectivity index (χ0v) is 10.7. The van der Waals surface area contributed by atoms with Crippen LogP contribution in [0.15, 0.2) is 0 Å². The van der Waals surface area contributed by atoms with Gasteiger partial charge in [-0.25, -0.2) is 4.79 Å². The fraction of sp³-hybridized carbons (Fsp3) is 0.923. The minimum atomic E-state index is -0.584. The molecule has 5 nitrogen and oxygen atoms in total. The van der Waals surface area contributed by atoms with E-state index < -0.39 is 5.60 Å². The van der Waals surface area contributed by atoms with E-state index in [0.717, 1.165) is 25.4 Å². The van der Waals surface area contributed by atoms with Crippen LogP contribution in [0.1, 0.15) is 25.7 Å². The van der Waals surface area contributed by atoms with Crippen molar-refractivity contribution in [3.63, 3.8) is 0 Å². The molecule has 2 amide bonds. The summed E-state index contributed by atoms with van der Waals surface area (Å²) in [6, 6.07) is -0.0738. The lowest BCUT2D eigenvalue weighted by atomic mass is 9.89. The molecule has 2 saturated carbocycles. The number of nitrogens with one attached hydrogen (secondary N) is 1. The number of hydrogen-bond donors (Lipinski definition) is 2. The van der Waals surface area contributed by atoms with Crippen molar-refractivity contribution < 1.29 is 14.6 Å². The third kappa shape index (κ3) is 2.78. The van der Waals surface area contributed by atoms with Crippen LogP contribution in [0.3, 0.4) is 0 Å². The van der Waals surface area contributed by atoms with Crippen LogP contribution in [0.4, 0.5) is 4.79 Å². The quantitative estimate of drug-likeness (QED) is 0.682. The first-order chi connectivity index (χ1) is 8.67. The molecule has 3 rings (SSSR count). The van der Waals surface area contributed by atoms with Crippen LogP contribution in [0.2, 0.25) is 0 Å². The van der Waals surface area contributed by atoms with Gasteiger partial charge in [0, 0.05) is 13.2 Å². The molecule has 0 unspecified atom stereocenters. The van der Waals surface area contributed by atoms with Crippen LogP contribution in [-0.4, -0.2) is 54.5 Å². The molecule has 1 saturated heterocycles. The summed E-state index contributed by atoms with van der Waals surface area (Å²) in [7, 11) is 0. The molecule has 2 aliphatic carbocycles. The third-order valence-electron chi connectivity index (χ3n) is 4.13. The van der Waals surface area contributed by atoms with Gasteiger partial charge >= 0.3 is 6.03 Å². The highest BCUT2D eigenvalue weighted by Crippen LogP contribution is 2.44. The van der Waals surface area contributed by atoms with Crippen LogP contribution in [0, 0.1) is 11.8 Å². The lowest BCUT2D eigenvalue weighted by Gasteiger charge is -2.46. The fourth-order valence-electron chi connectivity index (χ4n) is 2.51. The summed E-state index contributed by atoms with van der Waals surface area (Å²) >= 11 is 0. The van der Waals surface area contributed by atoms with Crippen molar-refractivity contribution in [1.82, 2.24) is 10.2 Å². The minimum Gasteiger partial charge on any atom is -0.386 e. The lowest BCUT2D eigenvalue weighted by molar-refractivity contribution is -0.0918. The van der Waals surface area contributed by atoms with Gasteiger partial charge in [-0.05, 0) is 37.5 Å². The van der Waals surface area contributed by atoms with Crippen molar-refractivity contribution in [2.24, 2.45) is 11.8 Å². The number of aliphatic hydroxyl groups is 1. The highest BCUT2D eigenvalue weighted by molar-refractivity contribution is 5.75. The second-order valence-corrected chi connectivity index (χ2v) is 5.98. The number of ether oxygens (including phenoxy) is 1. The van der Waals surface area contributed by atoms with Crippen LogP contribution in [-0.2, 0) is 4.74 Å². The molecule has 0 radical (unpaired) electrons. The molecule has 5 heteroatoms. The van der Waals surface area contributed by atoms with Gasteiger partial charge in [0.2, 0.25) is 0 Å². The second-order valence-electron chi connectivity index (χ2n) is 5.98. The molecule has 1 aliphatic heterocycles. The highest BCUT2D eigenvalue weighted by Gasteiger charge is 2.53. The SMILES string of the molecule is O=C(NCCOCC1CC1)N1CC(O)(C2CC2)C1. The number of rotatable bonds is 6. The van der Waals surface area contributed by atoms with Crippen molar-refractivity contribution in [1.29, 1.82) is 0 Å². The number of hydrogen-bond acceptors (Lipinski definition) is 3. The molecule has 0 spiro atoms. The van der Waals surface area contributed by atoms with Gasteiger partial charge < -0.3 is 20.1 Å². The van der Waals surface area contributed by atoms with Crippen LogP contribution in [0.25, 0.3) is 0 Å². The molecule has 0 aromatic heterocycles. The Morgan fingerprint density at radius 2 is 2.06 bits per heavy atom. The largest absolute Gasteiger partial charge is 0.386 e. The van der Waals surface area contributed by atoms with E-state index in [1.54, 1.807) is 4.90 Å². The number of urea groups is 1. The first kappa shape index (κ1) is 12.2. The van der Waals surface area contributed by atoms with Gasteiger partial charge in [-0.1, -0.05) is 0 Å². The smallest absolute Gasteiger partial charge is 0.317 e. The van der Waals surface area contributed by atoms with Crippen molar-refractivity contribution in [2.45, 2.75) is 31.3 Å². The van der Waals surface area contributed by atoms with Crippen molar-refractivity contribution in [3.05, 3.63) is 0 Å². The van der Waals surface area contributed by atoms with E-state index in [1.165, 1.54) is 12.8 Å². The Morgan fingerprint density at radius 3 is 2.67 bits per heavy atom. The molecule has 18 heavy (non-hydrogen) atoms. The van der Waals surface area contributed by atoms with Gasteiger partial charge in [-0.15, -0.1) is 0 Å². The summed E-state index contributed by atoms with van der Waals surface area (Å²) in [5.41, 5.74) is -0.584. The Labute approximate surface area is 107 Å². The Balaban J connectivity index is 1.25.